The average molecular weight is 489 g/mol. The fourth-order valence-corrected chi connectivity index (χ4v) is 5.28. The van der Waals surface area contributed by atoms with E-state index in [1.165, 1.54) is 17.6 Å². The number of carbonyl (C=O) groups is 3. The molecule has 3 heterocycles. The summed E-state index contributed by atoms with van der Waals surface area (Å²) in [5.41, 5.74) is 0. The number of ether oxygens (including phenoxy) is 1. The third-order valence-electron chi connectivity index (χ3n) is 6.30. The molecular weight excluding hydrogens is 456 g/mol. The highest BCUT2D eigenvalue weighted by molar-refractivity contribution is 7.10. The molecule has 0 unspecified atom stereocenters. The number of rotatable bonds is 10. The van der Waals surface area contributed by atoms with Crippen molar-refractivity contribution in [3.63, 3.8) is 0 Å². The zero-order valence-electron chi connectivity index (χ0n) is 19.2. The van der Waals surface area contributed by atoms with E-state index in [-0.39, 0.29) is 30.2 Å². The summed E-state index contributed by atoms with van der Waals surface area (Å²) in [6.45, 7) is 3.66. The van der Waals surface area contributed by atoms with E-state index in [0.29, 0.717) is 26.3 Å². The molecule has 1 saturated carbocycles. The second-order valence-electron chi connectivity index (χ2n) is 8.61. The number of amides is 3. The Morgan fingerprint density at radius 1 is 1.15 bits per heavy atom. The Morgan fingerprint density at radius 3 is 2.62 bits per heavy atom. The molecule has 1 saturated heterocycles. The van der Waals surface area contributed by atoms with Gasteiger partial charge in [0, 0.05) is 37.1 Å². The van der Waals surface area contributed by atoms with Crippen LogP contribution in [0.1, 0.15) is 47.2 Å². The van der Waals surface area contributed by atoms with Crippen LogP contribution in [0.5, 0.6) is 0 Å². The van der Waals surface area contributed by atoms with Gasteiger partial charge in [0.2, 0.25) is 11.8 Å². The first-order valence-electron chi connectivity index (χ1n) is 11.9. The van der Waals surface area contributed by atoms with Crippen molar-refractivity contribution >= 4 is 29.1 Å². The highest BCUT2D eigenvalue weighted by Gasteiger charge is 2.34. The van der Waals surface area contributed by atoms with Gasteiger partial charge in [-0.25, -0.2) is 0 Å². The van der Waals surface area contributed by atoms with E-state index in [2.05, 4.69) is 15.5 Å². The van der Waals surface area contributed by atoms with Crippen LogP contribution in [-0.4, -0.2) is 79.5 Å². The molecule has 0 aromatic carbocycles. The molecule has 184 valence electrons. The van der Waals surface area contributed by atoms with Gasteiger partial charge in [0.05, 0.1) is 26.0 Å². The van der Waals surface area contributed by atoms with Crippen molar-refractivity contribution in [3.05, 3.63) is 46.5 Å². The van der Waals surface area contributed by atoms with Crippen LogP contribution in [0, 0.1) is 0 Å². The Balaban J connectivity index is 1.50. The smallest absolute Gasteiger partial charge is 0.287 e. The van der Waals surface area contributed by atoms with Crippen LogP contribution in [0.3, 0.4) is 0 Å². The van der Waals surface area contributed by atoms with Crippen molar-refractivity contribution in [3.8, 4) is 0 Å². The van der Waals surface area contributed by atoms with E-state index < -0.39 is 11.9 Å². The molecule has 2 aromatic heterocycles. The molecule has 10 heteroatoms. The molecule has 0 radical (unpaired) electrons. The zero-order chi connectivity index (χ0) is 23.8. The first-order chi connectivity index (χ1) is 16.6. The van der Waals surface area contributed by atoms with Crippen LogP contribution < -0.4 is 10.6 Å². The maximum atomic E-state index is 13.5. The van der Waals surface area contributed by atoms with Crippen LogP contribution in [-0.2, 0) is 14.3 Å². The summed E-state index contributed by atoms with van der Waals surface area (Å²) < 4.78 is 10.5. The number of nitrogens with one attached hydrogen (secondary N) is 2. The lowest BCUT2D eigenvalue weighted by Gasteiger charge is -2.34. The molecular formula is C24H32N4O5S. The van der Waals surface area contributed by atoms with Gasteiger partial charge in [0.15, 0.2) is 5.76 Å². The van der Waals surface area contributed by atoms with E-state index in [1.807, 2.05) is 17.5 Å². The van der Waals surface area contributed by atoms with Crippen LogP contribution in [0.2, 0.25) is 0 Å². The minimum Gasteiger partial charge on any atom is -0.459 e. The number of hydrogen-bond donors (Lipinski definition) is 2. The van der Waals surface area contributed by atoms with Crippen molar-refractivity contribution in [2.45, 2.75) is 37.8 Å². The summed E-state index contributed by atoms with van der Waals surface area (Å²) in [5, 5.41) is 7.71. The lowest BCUT2D eigenvalue weighted by Crippen LogP contribution is -2.51. The minimum atomic E-state index is -0.741. The molecule has 2 aromatic rings. The second-order valence-corrected chi connectivity index (χ2v) is 9.59. The molecule has 9 nitrogen and oxygen atoms in total. The summed E-state index contributed by atoms with van der Waals surface area (Å²) in [6.07, 6.45) is 5.54. The minimum absolute atomic E-state index is 0.140. The Morgan fingerprint density at radius 2 is 1.94 bits per heavy atom. The van der Waals surface area contributed by atoms with E-state index >= 15 is 0 Å². The van der Waals surface area contributed by atoms with E-state index in [4.69, 9.17) is 9.15 Å². The van der Waals surface area contributed by atoms with Crippen molar-refractivity contribution in [2.75, 3.05) is 45.9 Å². The van der Waals surface area contributed by atoms with Gasteiger partial charge in [-0.1, -0.05) is 18.9 Å². The first kappa shape index (κ1) is 24.4. The number of furan rings is 1. The molecule has 1 atom stereocenters. The normalized spacial score (nSPS) is 17.9. The summed E-state index contributed by atoms with van der Waals surface area (Å²) in [5.74, 6) is -0.800. The van der Waals surface area contributed by atoms with Gasteiger partial charge in [-0.05, 0) is 36.4 Å². The first-order valence-corrected chi connectivity index (χ1v) is 12.7. The largest absolute Gasteiger partial charge is 0.459 e. The predicted molar refractivity (Wildman–Crippen MR) is 127 cm³/mol. The van der Waals surface area contributed by atoms with Crippen molar-refractivity contribution in [1.29, 1.82) is 0 Å². The number of nitrogens with zero attached hydrogens (tertiary/aromatic N) is 2. The van der Waals surface area contributed by atoms with Crippen molar-refractivity contribution < 1.29 is 23.5 Å². The maximum absolute atomic E-state index is 13.5. The topological polar surface area (TPSA) is 104 Å². The van der Waals surface area contributed by atoms with Gasteiger partial charge >= 0.3 is 0 Å². The molecule has 0 bridgehead atoms. The summed E-state index contributed by atoms with van der Waals surface area (Å²) in [7, 11) is 0. The number of morpholine rings is 1. The molecule has 4 rings (SSSR count). The lowest BCUT2D eigenvalue weighted by atomic mass is 10.1. The SMILES string of the molecule is O=C(NCC(=O)N(CCN1CCOCC1)[C@H](C(=O)NC1CCCC1)c1cccs1)c1ccco1. The lowest BCUT2D eigenvalue weighted by molar-refractivity contribution is -0.140. The van der Waals surface area contributed by atoms with Crippen molar-refractivity contribution in [2.24, 2.45) is 0 Å². The fourth-order valence-electron chi connectivity index (χ4n) is 4.45. The highest BCUT2D eigenvalue weighted by Crippen LogP contribution is 2.27. The van der Waals surface area contributed by atoms with Crippen LogP contribution in [0.15, 0.2) is 40.3 Å². The standard InChI is InChI=1S/C24H32N4O5S/c29-21(17-25-23(30)19-7-3-13-33-19)28(10-9-27-11-14-32-15-12-27)22(20-8-4-16-34-20)24(31)26-18-5-1-2-6-18/h3-4,7-8,13,16,18,22H,1-2,5-6,9-12,14-15,17H2,(H,25,30)(H,26,31)/t22-/m0/s1. The predicted octanol–water partition coefficient (Wildman–Crippen LogP) is 2.03. The van der Waals surface area contributed by atoms with Crippen LogP contribution in [0.4, 0.5) is 0 Å². The van der Waals surface area contributed by atoms with Gasteiger partial charge in [0.1, 0.15) is 6.04 Å². The summed E-state index contributed by atoms with van der Waals surface area (Å²) >= 11 is 1.46. The van der Waals surface area contributed by atoms with Gasteiger partial charge in [-0.15, -0.1) is 11.3 Å². The zero-order valence-corrected chi connectivity index (χ0v) is 20.1. The number of hydrogen-bond acceptors (Lipinski definition) is 7. The molecule has 2 aliphatic rings. The van der Waals surface area contributed by atoms with Gasteiger partial charge in [-0.2, -0.15) is 0 Å². The molecule has 3 amide bonds. The van der Waals surface area contributed by atoms with Crippen LogP contribution >= 0.6 is 11.3 Å². The quantitative estimate of drug-likeness (QED) is 0.530. The highest BCUT2D eigenvalue weighted by atomic mass is 32.1. The fraction of sp³-hybridized carbons (Fsp3) is 0.542. The monoisotopic (exact) mass is 488 g/mol. The van der Waals surface area contributed by atoms with Crippen molar-refractivity contribution in [1.82, 2.24) is 20.4 Å². The third-order valence-corrected chi connectivity index (χ3v) is 7.23. The average Bonchev–Trinajstić information content (AvgIpc) is 3.64. The summed E-state index contributed by atoms with van der Waals surface area (Å²) in [4.78, 5) is 43.9. The van der Waals surface area contributed by atoms with Gasteiger partial charge in [-0.3, -0.25) is 19.3 Å². The molecule has 1 aliphatic carbocycles. The van der Waals surface area contributed by atoms with E-state index in [9.17, 15) is 14.4 Å². The van der Waals surface area contributed by atoms with Gasteiger partial charge < -0.3 is 24.7 Å². The molecule has 34 heavy (non-hydrogen) atoms. The Bertz CT molecular complexity index is 921. The van der Waals surface area contributed by atoms with Gasteiger partial charge in [0.25, 0.3) is 5.91 Å². The van der Waals surface area contributed by atoms with Crippen LogP contribution in [0.25, 0.3) is 0 Å². The Kier molecular flexibility index (Phi) is 8.73. The van der Waals surface area contributed by atoms with E-state index in [1.54, 1.807) is 17.0 Å². The number of carbonyl (C=O) groups excluding carboxylic acids is 3. The number of thiophene rings is 1. The maximum Gasteiger partial charge on any atom is 0.287 e. The van der Waals surface area contributed by atoms with E-state index in [0.717, 1.165) is 43.6 Å². The third kappa shape index (κ3) is 6.46. The Hall–Kier alpha value is -2.69. The second kappa shape index (κ2) is 12.1. The molecule has 2 N–H and O–H groups in total. The molecule has 0 spiro atoms. The summed E-state index contributed by atoms with van der Waals surface area (Å²) in [6, 6.07) is 6.34. The Labute approximate surface area is 203 Å². The molecule has 1 aliphatic heterocycles. The molecule has 2 fully saturated rings.